The number of benzene rings is 2. The molecule has 0 bridgehead atoms. The topological polar surface area (TPSA) is 48.1 Å². The molecule has 0 saturated heterocycles. The summed E-state index contributed by atoms with van der Waals surface area (Å²) in [6.07, 6.45) is 0.892. The average molecular weight is 462 g/mol. The van der Waals surface area contributed by atoms with Crippen LogP contribution in [0.25, 0.3) is 10.9 Å². The Morgan fingerprint density at radius 3 is 2.62 bits per heavy atom. The molecule has 0 aliphatic carbocycles. The number of nitrogens with zero attached hydrogens (tertiary/aromatic N) is 1. The van der Waals surface area contributed by atoms with Gasteiger partial charge in [-0.1, -0.05) is 48.0 Å². The zero-order chi connectivity index (χ0) is 22.5. The Kier molecular flexibility index (Phi) is 7.02. The third-order valence-corrected chi connectivity index (χ3v) is 6.74. The van der Waals surface area contributed by atoms with Crippen LogP contribution in [0, 0.1) is 13.8 Å². The molecule has 0 unspecified atom stereocenters. The predicted molar refractivity (Wildman–Crippen MR) is 138 cm³/mol. The van der Waals surface area contributed by atoms with Gasteiger partial charge in [-0.2, -0.15) is 0 Å². The second kappa shape index (κ2) is 10.1. The lowest BCUT2D eigenvalue weighted by Gasteiger charge is -2.25. The van der Waals surface area contributed by atoms with Crippen LogP contribution >= 0.6 is 23.6 Å². The lowest BCUT2D eigenvalue weighted by atomic mass is 10.1. The van der Waals surface area contributed by atoms with Gasteiger partial charge in [0.15, 0.2) is 5.11 Å². The summed E-state index contributed by atoms with van der Waals surface area (Å²) in [6.45, 7) is 5.97. The van der Waals surface area contributed by atoms with E-state index >= 15 is 0 Å². The third kappa shape index (κ3) is 5.44. The lowest BCUT2D eigenvalue weighted by molar-refractivity contribution is 0.401. The van der Waals surface area contributed by atoms with Crippen molar-refractivity contribution in [2.75, 3.05) is 6.54 Å². The van der Waals surface area contributed by atoms with Gasteiger partial charge in [0.1, 0.15) is 0 Å². The number of thiocarbonyl (C=S) groups is 1. The molecule has 0 fully saturated rings. The van der Waals surface area contributed by atoms with Crippen LogP contribution < -0.4 is 10.9 Å². The maximum absolute atomic E-state index is 12.9. The average Bonchev–Trinajstić information content (AvgIpc) is 3.28. The van der Waals surface area contributed by atoms with Crippen molar-refractivity contribution in [2.24, 2.45) is 0 Å². The Balaban J connectivity index is 1.54. The van der Waals surface area contributed by atoms with E-state index in [1.807, 2.05) is 37.3 Å². The summed E-state index contributed by atoms with van der Waals surface area (Å²) in [4.78, 5) is 19.2. The Bertz CT molecular complexity index is 1260. The van der Waals surface area contributed by atoms with Crippen molar-refractivity contribution in [3.05, 3.63) is 104 Å². The van der Waals surface area contributed by atoms with E-state index in [0.717, 1.165) is 29.4 Å². The smallest absolute Gasteiger partial charge is 0.253 e. The van der Waals surface area contributed by atoms with E-state index in [-0.39, 0.29) is 5.56 Å². The predicted octanol–water partition coefficient (Wildman–Crippen LogP) is 5.33. The van der Waals surface area contributed by atoms with Crippen LogP contribution in [-0.2, 0) is 19.5 Å². The Morgan fingerprint density at radius 2 is 1.88 bits per heavy atom. The number of aromatic nitrogens is 1. The highest BCUT2D eigenvalue weighted by Gasteiger charge is 2.15. The molecule has 0 atom stereocenters. The highest BCUT2D eigenvalue weighted by molar-refractivity contribution is 7.80. The van der Waals surface area contributed by atoms with Crippen LogP contribution in [0.5, 0.6) is 0 Å². The van der Waals surface area contributed by atoms with Crippen molar-refractivity contribution in [1.82, 2.24) is 15.2 Å². The first-order chi connectivity index (χ1) is 15.5. The van der Waals surface area contributed by atoms with Gasteiger partial charge in [0.05, 0.1) is 18.6 Å². The number of nitrogens with one attached hydrogen (secondary N) is 2. The first-order valence-electron chi connectivity index (χ1n) is 10.7. The molecule has 0 amide bonds. The second-order valence-electron chi connectivity index (χ2n) is 8.07. The van der Waals surface area contributed by atoms with E-state index in [0.29, 0.717) is 23.8 Å². The number of hydrogen-bond donors (Lipinski definition) is 2. The minimum atomic E-state index is -0.0623. The molecule has 0 saturated carbocycles. The number of aryl methyl sites for hydroxylation is 2. The molecule has 0 aliphatic rings. The van der Waals surface area contributed by atoms with Gasteiger partial charge in [-0.25, -0.2) is 0 Å². The molecule has 32 heavy (non-hydrogen) atoms. The molecule has 0 radical (unpaired) electrons. The highest BCUT2D eigenvalue weighted by Crippen LogP contribution is 2.20. The molecule has 4 rings (SSSR count). The summed E-state index contributed by atoms with van der Waals surface area (Å²) in [6, 6.07) is 20.7. The molecule has 164 valence electrons. The minimum Gasteiger partial charge on any atom is -0.362 e. The number of hydrogen-bond acceptors (Lipinski definition) is 3. The van der Waals surface area contributed by atoms with Gasteiger partial charge in [0.2, 0.25) is 0 Å². The fourth-order valence-electron chi connectivity index (χ4n) is 3.92. The van der Waals surface area contributed by atoms with Gasteiger partial charge < -0.3 is 15.2 Å². The summed E-state index contributed by atoms with van der Waals surface area (Å²) in [7, 11) is 0. The van der Waals surface area contributed by atoms with E-state index in [9.17, 15) is 4.79 Å². The molecular formula is C26H27N3OS2. The molecule has 4 aromatic rings. The summed E-state index contributed by atoms with van der Waals surface area (Å²) in [5.41, 5.74) is 5.08. The van der Waals surface area contributed by atoms with Crippen LogP contribution in [0.2, 0.25) is 0 Å². The number of aromatic amines is 1. The van der Waals surface area contributed by atoms with E-state index in [1.54, 1.807) is 11.3 Å². The maximum atomic E-state index is 12.9. The standard InChI is InChI=1S/C26H27N3OS2/c1-18-13-19(2)24-21(14-18)15-22(25(30)28-24)16-29(17-23-9-6-12-32-23)26(31)27-11-10-20-7-4-3-5-8-20/h3-9,12-15H,10-11,16-17H2,1-2H3,(H,27,31)(H,28,30). The summed E-state index contributed by atoms with van der Waals surface area (Å²) >= 11 is 7.45. The quantitative estimate of drug-likeness (QED) is 0.366. The fraction of sp³-hybridized carbons (Fsp3) is 0.231. The van der Waals surface area contributed by atoms with Crippen molar-refractivity contribution in [2.45, 2.75) is 33.4 Å². The Labute approximate surface area is 197 Å². The summed E-state index contributed by atoms with van der Waals surface area (Å²) in [5, 5.41) is 7.17. The van der Waals surface area contributed by atoms with Crippen molar-refractivity contribution in [3.63, 3.8) is 0 Å². The molecule has 2 heterocycles. The largest absolute Gasteiger partial charge is 0.362 e. The van der Waals surface area contributed by atoms with Gasteiger partial charge >= 0.3 is 0 Å². The molecule has 2 aromatic carbocycles. The van der Waals surface area contributed by atoms with Gasteiger partial charge in [-0.3, -0.25) is 4.79 Å². The third-order valence-electron chi connectivity index (χ3n) is 5.48. The fourth-order valence-corrected chi connectivity index (χ4v) is 4.87. The molecule has 4 nitrogen and oxygen atoms in total. The summed E-state index contributed by atoms with van der Waals surface area (Å²) in [5.74, 6) is 0. The maximum Gasteiger partial charge on any atom is 0.253 e. The van der Waals surface area contributed by atoms with E-state index in [2.05, 4.69) is 57.8 Å². The summed E-state index contributed by atoms with van der Waals surface area (Å²) < 4.78 is 0. The van der Waals surface area contributed by atoms with Gasteiger partial charge in [0.25, 0.3) is 5.56 Å². The SMILES string of the molecule is Cc1cc(C)c2[nH]c(=O)c(CN(Cc3cccs3)C(=S)NCCc3ccccc3)cc2c1. The highest BCUT2D eigenvalue weighted by atomic mass is 32.1. The van der Waals surface area contributed by atoms with Crippen LogP contribution in [-0.4, -0.2) is 21.5 Å². The number of H-pyrrole nitrogens is 1. The van der Waals surface area contributed by atoms with Gasteiger partial charge in [-0.15, -0.1) is 11.3 Å². The van der Waals surface area contributed by atoms with Crippen molar-refractivity contribution in [1.29, 1.82) is 0 Å². The van der Waals surface area contributed by atoms with E-state index in [4.69, 9.17) is 12.2 Å². The van der Waals surface area contributed by atoms with Gasteiger partial charge in [-0.05, 0) is 72.6 Å². The molecule has 0 aliphatic heterocycles. The Hall–Kier alpha value is -2.96. The Morgan fingerprint density at radius 1 is 1.06 bits per heavy atom. The van der Waals surface area contributed by atoms with Crippen LogP contribution in [0.1, 0.15) is 27.1 Å². The van der Waals surface area contributed by atoms with Crippen LogP contribution in [0.3, 0.4) is 0 Å². The first kappa shape index (κ1) is 22.2. The molecular weight excluding hydrogens is 434 g/mol. The van der Waals surface area contributed by atoms with E-state index in [1.165, 1.54) is 16.0 Å². The lowest BCUT2D eigenvalue weighted by Crippen LogP contribution is -2.40. The van der Waals surface area contributed by atoms with Crippen LogP contribution in [0.4, 0.5) is 0 Å². The zero-order valence-electron chi connectivity index (χ0n) is 18.4. The van der Waals surface area contributed by atoms with Gasteiger partial charge in [0, 0.05) is 17.0 Å². The minimum absolute atomic E-state index is 0.0623. The number of pyridine rings is 1. The number of fused-ring (bicyclic) bond motifs is 1. The number of rotatable bonds is 7. The molecule has 2 N–H and O–H groups in total. The van der Waals surface area contributed by atoms with Crippen LogP contribution in [0.15, 0.2) is 70.8 Å². The second-order valence-corrected chi connectivity index (χ2v) is 9.49. The number of thiophene rings is 1. The molecule has 0 spiro atoms. The van der Waals surface area contributed by atoms with Crippen molar-refractivity contribution >= 4 is 39.6 Å². The first-order valence-corrected chi connectivity index (χ1v) is 12.0. The normalized spacial score (nSPS) is 10.9. The molecule has 2 aromatic heterocycles. The van der Waals surface area contributed by atoms with Crippen molar-refractivity contribution < 1.29 is 0 Å². The monoisotopic (exact) mass is 461 g/mol. The zero-order valence-corrected chi connectivity index (χ0v) is 20.0. The van der Waals surface area contributed by atoms with E-state index < -0.39 is 0 Å². The van der Waals surface area contributed by atoms with Crippen molar-refractivity contribution in [3.8, 4) is 0 Å². The molecule has 6 heteroatoms.